The largest absolute Gasteiger partial charge is 0.496 e. The molecule has 2 aromatic carbocycles. The molecule has 0 radical (unpaired) electrons. The number of nitrogens with one attached hydrogen (secondary N) is 1. The number of fused-ring (bicyclic) bond motifs is 3. The molecule has 0 unspecified atom stereocenters. The summed E-state index contributed by atoms with van der Waals surface area (Å²) in [4.78, 5) is 11.7. The minimum atomic E-state index is 0.253. The molecular weight excluding hydrogens is 326 g/mol. The van der Waals surface area contributed by atoms with Gasteiger partial charge in [0.1, 0.15) is 11.6 Å². The van der Waals surface area contributed by atoms with Crippen LogP contribution < -0.4 is 16.2 Å². The molecule has 5 N–H and O–H groups in total. The van der Waals surface area contributed by atoms with Gasteiger partial charge in [-0.1, -0.05) is 11.6 Å². The van der Waals surface area contributed by atoms with E-state index in [1.165, 1.54) is 0 Å². The van der Waals surface area contributed by atoms with Gasteiger partial charge in [-0.05, 0) is 30.3 Å². The molecule has 0 amide bonds. The summed E-state index contributed by atoms with van der Waals surface area (Å²) in [7, 11) is 1.62. The number of hydrogen-bond acceptors (Lipinski definition) is 5. The minimum Gasteiger partial charge on any atom is -0.496 e. The van der Waals surface area contributed by atoms with Gasteiger partial charge >= 0.3 is 0 Å². The zero-order chi connectivity index (χ0) is 16.8. The Morgan fingerprint density at radius 3 is 2.75 bits per heavy atom. The van der Waals surface area contributed by atoms with Crippen LogP contribution in [0.25, 0.3) is 32.9 Å². The van der Waals surface area contributed by atoms with Gasteiger partial charge in [0.2, 0.25) is 0 Å². The van der Waals surface area contributed by atoms with E-state index < -0.39 is 0 Å². The number of rotatable bonds is 2. The van der Waals surface area contributed by atoms with Crippen LogP contribution in [0.4, 0.5) is 11.8 Å². The summed E-state index contributed by atoms with van der Waals surface area (Å²) in [6, 6.07) is 9.30. The summed E-state index contributed by atoms with van der Waals surface area (Å²) in [5.74, 6) is 1.32. The number of nitrogens with two attached hydrogens (primary N) is 2. The molecule has 0 atom stereocenters. The second-order valence-corrected chi connectivity index (χ2v) is 5.84. The highest BCUT2D eigenvalue weighted by Gasteiger charge is 2.16. The van der Waals surface area contributed by atoms with E-state index >= 15 is 0 Å². The molecule has 6 nitrogen and oxygen atoms in total. The van der Waals surface area contributed by atoms with Crippen LogP contribution in [0.2, 0.25) is 5.02 Å². The van der Waals surface area contributed by atoms with Crippen LogP contribution in [0, 0.1) is 0 Å². The molecular formula is C17H14ClN5O. The third-order valence-electron chi connectivity index (χ3n) is 3.99. The lowest BCUT2D eigenvalue weighted by Gasteiger charge is -2.13. The van der Waals surface area contributed by atoms with E-state index in [2.05, 4.69) is 15.0 Å². The van der Waals surface area contributed by atoms with E-state index in [4.69, 9.17) is 27.8 Å². The van der Waals surface area contributed by atoms with E-state index in [1.54, 1.807) is 19.4 Å². The number of nitrogen functional groups attached to an aromatic ring is 2. The average molecular weight is 340 g/mol. The van der Waals surface area contributed by atoms with E-state index in [-0.39, 0.29) is 5.95 Å². The van der Waals surface area contributed by atoms with Gasteiger partial charge in [0.05, 0.1) is 18.1 Å². The van der Waals surface area contributed by atoms with E-state index in [0.29, 0.717) is 16.6 Å². The van der Waals surface area contributed by atoms with Crippen molar-refractivity contribution in [1.29, 1.82) is 0 Å². The van der Waals surface area contributed by atoms with Crippen LogP contribution in [0.1, 0.15) is 0 Å². The predicted molar refractivity (Wildman–Crippen MR) is 97.2 cm³/mol. The zero-order valence-electron chi connectivity index (χ0n) is 12.8. The highest BCUT2D eigenvalue weighted by atomic mass is 35.5. The third-order valence-corrected chi connectivity index (χ3v) is 4.23. The van der Waals surface area contributed by atoms with Crippen molar-refractivity contribution in [2.45, 2.75) is 0 Å². The number of hydrogen-bond donors (Lipinski definition) is 3. The molecule has 0 aliphatic carbocycles. The van der Waals surface area contributed by atoms with Crippen molar-refractivity contribution in [1.82, 2.24) is 15.0 Å². The van der Waals surface area contributed by atoms with Crippen LogP contribution >= 0.6 is 11.6 Å². The van der Waals surface area contributed by atoms with Gasteiger partial charge in [-0.2, -0.15) is 4.98 Å². The average Bonchev–Trinajstić information content (AvgIpc) is 3.02. The number of ether oxygens (including phenoxy) is 1. The van der Waals surface area contributed by atoms with Gasteiger partial charge in [-0.25, -0.2) is 0 Å². The molecule has 4 rings (SSSR count). The number of methoxy groups -OCH3 is 1. The number of halogens is 1. The molecule has 24 heavy (non-hydrogen) atoms. The van der Waals surface area contributed by atoms with Gasteiger partial charge in [0, 0.05) is 33.1 Å². The summed E-state index contributed by atoms with van der Waals surface area (Å²) in [6.07, 6.45) is 1.74. The maximum absolute atomic E-state index is 6.18. The third kappa shape index (κ3) is 2.11. The summed E-state index contributed by atoms with van der Waals surface area (Å²) < 4.78 is 5.48. The predicted octanol–water partition coefficient (Wildman–Crippen LogP) is 3.60. The van der Waals surface area contributed by atoms with Gasteiger partial charge in [-0.3, -0.25) is 4.98 Å². The van der Waals surface area contributed by atoms with Crippen LogP contribution in [0.5, 0.6) is 5.75 Å². The van der Waals surface area contributed by atoms with Crippen molar-refractivity contribution in [3.63, 3.8) is 0 Å². The van der Waals surface area contributed by atoms with E-state index in [9.17, 15) is 0 Å². The molecule has 2 heterocycles. The molecule has 0 saturated heterocycles. The number of aromatic amines is 1. The second-order valence-electron chi connectivity index (χ2n) is 5.41. The van der Waals surface area contributed by atoms with E-state index in [0.717, 1.165) is 32.9 Å². The van der Waals surface area contributed by atoms with Gasteiger partial charge < -0.3 is 21.2 Å². The molecule has 0 fully saturated rings. The maximum Gasteiger partial charge on any atom is 0.199 e. The van der Waals surface area contributed by atoms with Crippen molar-refractivity contribution in [2.75, 3.05) is 18.6 Å². The fraction of sp³-hybridized carbons (Fsp3) is 0.0588. The van der Waals surface area contributed by atoms with Crippen molar-refractivity contribution in [2.24, 2.45) is 0 Å². The molecule has 0 saturated carbocycles. The number of aromatic nitrogens is 3. The summed E-state index contributed by atoms with van der Waals surface area (Å²) in [5.41, 5.74) is 15.2. The first-order valence-electron chi connectivity index (χ1n) is 7.25. The fourth-order valence-electron chi connectivity index (χ4n) is 3.00. The number of benzene rings is 2. The lowest BCUT2D eigenvalue weighted by Crippen LogP contribution is -2.01. The van der Waals surface area contributed by atoms with Crippen molar-refractivity contribution >= 4 is 45.2 Å². The molecule has 0 aliphatic rings. The minimum absolute atomic E-state index is 0.253. The topological polar surface area (TPSA) is 103 Å². The first-order valence-corrected chi connectivity index (χ1v) is 7.62. The Morgan fingerprint density at radius 1 is 1.12 bits per heavy atom. The second kappa shape index (κ2) is 5.28. The Bertz CT molecular complexity index is 1090. The molecule has 0 spiro atoms. The van der Waals surface area contributed by atoms with Gasteiger partial charge in [0.25, 0.3) is 0 Å². The first-order chi connectivity index (χ1) is 11.6. The zero-order valence-corrected chi connectivity index (χ0v) is 13.6. The molecule has 120 valence electrons. The van der Waals surface area contributed by atoms with Crippen LogP contribution in [0.3, 0.4) is 0 Å². The number of anilines is 2. The van der Waals surface area contributed by atoms with Crippen LogP contribution in [-0.4, -0.2) is 22.1 Å². The summed E-state index contributed by atoms with van der Waals surface area (Å²) in [6.45, 7) is 0. The molecule has 4 aromatic rings. The van der Waals surface area contributed by atoms with Crippen molar-refractivity contribution in [3.05, 3.63) is 41.6 Å². The standard InChI is InChI=1S/C17H14ClN5O/c1-24-13-3-2-8(18)6-10(13)11-7-12-14(9-4-5-21-15(9)11)16(19)23-17(20)22-12/h2-7H,19H2,1H3,(H3,20,22,23). The van der Waals surface area contributed by atoms with Crippen LogP contribution in [0.15, 0.2) is 36.5 Å². The first kappa shape index (κ1) is 14.6. The highest BCUT2D eigenvalue weighted by molar-refractivity contribution is 6.31. The Balaban J connectivity index is 2.16. The summed E-state index contributed by atoms with van der Waals surface area (Å²) >= 11 is 6.18. The Kier molecular flexibility index (Phi) is 3.21. The molecule has 2 aromatic heterocycles. The molecule has 0 bridgehead atoms. The summed E-state index contributed by atoms with van der Waals surface area (Å²) in [5, 5.41) is 2.30. The molecule has 0 aliphatic heterocycles. The Hall–Kier alpha value is -2.99. The SMILES string of the molecule is COc1ccc(Cl)cc1-c1cc2[nH]c(N)nc(N)c2c2ccnc12. The van der Waals surface area contributed by atoms with Crippen molar-refractivity contribution in [3.8, 4) is 16.9 Å². The van der Waals surface area contributed by atoms with E-state index in [1.807, 2.05) is 24.3 Å². The Labute approximate surface area is 142 Å². The van der Waals surface area contributed by atoms with Gasteiger partial charge in [0.15, 0.2) is 5.95 Å². The quantitative estimate of drug-likeness (QED) is 0.517. The monoisotopic (exact) mass is 339 g/mol. The molecule has 7 heteroatoms. The number of nitrogens with zero attached hydrogens (tertiary/aromatic N) is 2. The van der Waals surface area contributed by atoms with Crippen molar-refractivity contribution < 1.29 is 4.74 Å². The number of H-pyrrole nitrogens is 1. The highest BCUT2D eigenvalue weighted by Crippen LogP contribution is 2.40. The maximum atomic E-state index is 6.18. The van der Waals surface area contributed by atoms with Crippen LogP contribution in [-0.2, 0) is 0 Å². The lowest BCUT2D eigenvalue weighted by molar-refractivity contribution is 0.416. The fourth-order valence-corrected chi connectivity index (χ4v) is 3.18. The smallest absolute Gasteiger partial charge is 0.199 e. The lowest BCUT2D eigenvalue weighted by atomic mass is 9.99. The Morgan fingerprint density at radius 2 is 1.96 bits per heavy atom. The normalized spacial score (nSPS) is 11.2. The van der Waals surface area contributed by atoms with Gasteiger partial charge in [-0.15, -0.1) is 0 Å².